The van der Waals surface area contributed by atoms with Crippen LogP contribution in [0.25, 0.3) is 6.08 Å². The molecule has 0 saturated carbocycles. The molecule has 8 nitrogen and oxygen atoms in total. The number of non-ortho nitro benzene ring substituents is 1. The normalized spacial score (nSPS) is 14.1. The number of nitro groups is 1. The van der Waals surface area contributed by atoms with Gasteiger partial charge < -0.3 is 9.47 Å². The lowest BCUT2D eigenvalue weighted by atomic mass is 10.1. The number of halogens is 1. The average molecular weight is 629 g/mol. The summed E-state index contributed by atoms with van der Waals surface area (Å²) in [6.45, 7) is 0.198. The summed E-state index contributed by atoms with van der Waals surface area (Å²) in [4.78, 5) is 25.3. The van der Waals surface area contributed by atoms with Crippen LogP contribution >= 0.6 is 46.6 Å². The van der Waals surface area contributed by atoms with Crippen molar-refractivity contribution in [2.45, 2.75) is 6.61 Å². The fourth-order valence-electron chi connectivity index (χ4n) is 3.43. The molecule has 0 atom stereocenters. The molecule has 180 valence electrons. The lowest BCUT2D eigenvalue weighted by molar-refractivity contribution is -0.384. The first-order valence-electron chi connectivity index (χ1n) is 10.3. The van der Waals surface area contributed by atoms with Gasteiger partial charge in [0.05, 0.1) is 37.8 Å². The highest BCUT2D eigenvalue weighted by atomic mass is 127. The number of rotatable bonds is 7. The van der Waals surface area contributed by atoms with Crippen molar-refractivity contribution in [3.8, 4) is 17.6 Å². The number of carbonyl (C=O) groups is 1. The summed E-state index contributed by atoms with van der Waals surface area (Å²) in [5, 5.41) is 20.2. The first-order chi connectivity index (χ1) is 17.3. The van der Waals surface area contributed by atoms with E-state index in [2.05, 4.69) is 28.7 Å². The van der Waals surface area contributed by atoms with Gasteiger partial charge in [-0.1, -0.05) is 42.2 Å². The number of carbonyl (C=O) groups excluding carboxylic acids is 1. The Morgan fingerprint density at radius 3 is 2.61 bits per heavy atom. The maximum Gasteiger partial charge on any atom is 0.270 e. The van der Waals surface area contributed by atoms with Crippen LogP contribution in [0.4, 0.5) is 11.4 Å². The third kappa shape index (κ3) is 5.35. The van der Waals surface area contributed by atoms with Gasteiger partial charge in [0.2, 0.25) is 0 Å². The van der Waals surface area contributed by atoms with E-state index >= 15 is 0 Å². The molecule has 0 radical (unpaired) electrons. The van der Waals surface area contributed by atoms with Crippen LogP contribution in [0.2, 0.25) is 0 Å². The van der Waals surface area contributed by atoms with Crippen molar-refractivity contribution in [2.75, 3.05) is 12.0 Å². The molecule has 0 unspecified atom stereocenters. The predicted octanol–water partition coefficient (Wildman–Crippen LogP) is 6.06. The van der Waals surface area contributed by atoms with E-state index in [-0.39, 0.29) is 18.2 Å². The molecule has 1 heterocycles. The molecule has 11 heteroatoms. The molecular weight excluding hydrogens is 613 g/mol. The van der Waals surface area contributed by atoms with Crippen molar-refractivity contribution >= 4 is 74.2 Å². The van der Waals surface area contributed by atoms with Crippen LogP contribution < -0.4 is 14.4 Å². The number of amides is 1. The van der Waals surface area contributed by atoms with Crippen molar-refractivity contribution < 1.29 is 19.2 Å². The van der Waals surface area contributed by atoms with Crippen molar-refractivity contribution in [2.24, 2.45) is 0 Å². The van der Waals surface area contributed by atoms with E-state index in [9.17, 15) is 20.2 Å². The van der Waals surface area contributed by atoms with Crippen LogP contribution in [0.3, 0.4) is 0 Å². The molecule has 3 aromatic carbocycles. The van der Waals surface area contributed by atoms with Gasteiger partial charge in [0.25, 0.3) is 11.6 Å². The summed E-state index contributed by atoms with van der Waals surface area (Å²) in [7, 11) is 1.53. The number of ether oxygens (including phenoxy) is 2. The Morgan fingerprint density at radius 2 is 1.94 bits per heavy atom. The number of thiocarbonyl (C=S) groups is 1. The van der Waals surface area contributed by atoms with E-state index in [1.807, 2.05) is 18.2 Å². The summed E-state index contributed by atoms with van der Waals surface area (Å²) in [5.74, 6) is 0.691. The predicted molar refractivity (Wildman–Crippen MR) is 150 cm³/mol. The minimum atomic E-state index is -0.501. The Balaban J connectivity index is 1.58. The van der Waals surface area contributed by atoms with Crippen molar-refractivity contribution in [1.29, 1.82) is 5.26 Å². The van der Waals surface area contributed by atoms with Crippen LogP contribution in [0.1, 0.15) is 16.7 Å². The van der Waals surface area contributed by atoms with Crippen LogP contribution in [-0.4, -0.2) is 22.3 Å². The number of anilines is 1. The van der Waals surface area contributed by atoms with E-state index in [0.29, 0.717) is 37.5 Å². The molecule has 1 aliphatic rings. The van der Waals surface area contributed by atoms with Gasteiger partial charge in [-0.3, -0.25) is 19.8 Å². The lowest BCUT2D eigenvalue weighted by Gasteiger charge is -2.15. The molecule has 0 N–H and O–H groups in total. The number of hydrogen-bond donors (Lipinski definition) is 0. The summed E-state index contributed by atoms with van der Waals surface area (Å²) in [6.07, 6.45) is 1.71. The maximum absolute atomic E-state index is 13.1. The standard InChI is InChI=1S/C25H16IN3O5S2/c1-33-21-11-15(10-20(26)23(21)34-14-17-5-3-2-4-16(17)13-27)12-22-24(30)28(25(35)36-22)18-6-8-19(9-7-18)29(31)32/h2-12H,14H2,1H3. The third-order valence-corrected chi connectivity index (χ3v) is 7.28. The van der Waals surface area contributed by atoms with Gasteiger partial charge in [0.1, 0.15) is 6.61 Å². The van der Waals surface area contributed by atoms with E-state index in [1.165, 1.54) is 36.3 Å². The average Bonchev–Trinajstić information content (AvgIpc) is 3.15. The first-order valence-corrected chi connectivity index (χ1v) is 12.6. The number of nitrogens with zero attached hydrogens (tertiary/aromatic N) is 3. The van der Waals surface area contributed by atoms with Gasteiger partial charge in [-0.05, 0) is 64.6 Å². The Morgan fingerprint density at radius 1 is 1.22 bits per heavy atom. The summed E-state index contributed by atoms with van der Waals surface area (Å²) in [6, 6.07) is 18.6. The van der Waals surface area contributed by atoms with Gasteiger partial charge >= 0.3 is 0 Å². The second-order valence-corrected chi connectivity index (χ2v) is 10.2. The zero-order valence-corrected chi connectivity index (χ0v) is 22.4. The maximum atomic E-state index is 13.1. The van der Waals surface area contributed by atoms with Crippen molar-refractivity contribution in [1.82, 2.24) is 0 Å². The summed E-state index contributed by atoms with van der Waals surface area (Å²) in [5.41, 5.74) is 2.40. The van der Waals surface area contributed by atoms with E-state index < -0.39 is 4.92 Å². The molecule has 0 aromatic heterocycles. The first kappa shape index (κ1) is 25.6. The highest BCUT2D eigenvalue weighted by molar-refractivity contribution is 14.1. The molecule has 0 spiro atoms. The van der Waals surface area contributed by atoms with E-state index in [4.69, 9.17) is 21.7 Å². The fraction of sp³-hybridized carbons (Fsp3) is 0.0800. The number of methoxy groups -OCH3 is 1. The second-order valence-electron chi connectivity index (χ2n) is 7.38. The molecule has 4 rings (SSSR count). The lowest BCUT2D eigenvalue weighted by Crippen LogP contribution is -2.27. The minimum absolute atomic E-state index is 0.0696. The quantitative estimate of drug-likeness (QED) is 0.102. The van der Waals surface area contributed by atoms with Crippen LogP contribution in [0.5, 0.6) is 11.5 Å². The fourth-order valence-corrected chi connectivity index (χ4v) is 5.51. The number of benzene rings is 3. The Hall–Kier alpha value is -3.47. The summed E-state index contributed by atoms with van der Waals surface area (Å²) >= 11 is 8.68. The topological polar surface area (TPSA) is 106 Å². The van der Waals surface area contributed by atoms with Crippen LogP contribution in [-0.2, 0) is 11.4 Å². The van der Waals surface area contributed by atoms with Gasteiger partial charge in [-0.25, -0.2) is 0 Å². The van der Waals surface area contributed by atoms with E-state index in [1.54, 1.807) is 24.3 Å². The Labute approximate surface area is 229 Å². The highest BCUT2D eigenvalue weighted by Crippen LogP contribution is 2.39. The zero-order chi connectivity index (χ0) is 25.8. The Bertz CT molecular complexity index is 1450. The van der Waals surface area contributed by atoms with Gasteiger partial charge in [0, 0.05) is 17.7 Å². The van der Waals surface area contributed by atoms with Crippen molar-refractivity contribution in [3.63, 3.8) is 0 Å². The van der Waals surface area contributed by atoms with Gasteiger partial charge in [-0.15, -0.1) is 0 Å². The number of hydrogen-bond acceptors (Lipinski definition) is 8. The second kappa shape index (κ2) is 11.1. The molecule has 1 amide bonds. The summed E-state index contributed by atoms with van der Waals surface area (Å²) < 4.78 is 12.6. The monoisotopic (exact) mass is 629 g/mol. The largest absolute Gasteiger partial charge is 0.493 e. The zero-order valence-electron chi connectivity index (χ0n) is 18.6. The molecule has 1 fully saturated rings. The highest BCUT2D eigenvalue weighted by Gasteiger charge is 2.33. The number of nitro benzene ring substituents is 1. The molecule has 0 aliphatic carbocycles. The number of nitriles is 1. The Kier molecular flexibility index (Phi) is 7.88. The molecule has 0 bridgehead atoms. The van der Waals surface area contributed by atoms with Gasteiger partial charge in [0.15, 0.2) is 15.8 Å². The molecule has 3 aromatic rings. The van der Waals surface area contributed by atoms with Crippen LogP contribution in [0, 0.1) is 25.0 Å². The molecule has 1 saturated heterocycles. The van der Waals surface area contributed by atoms with Crippen molar-refractivity contribution in [3.05, 3.63) is 95.9 Å². The third-order valence-electron chi connectivity index (χ3n) is 5.17. The molecule has 1 aliphatic heterocycles. The van der Waals surface area contributed by atoms with Crippen LogP contribution in [0.15, 0.2) is 65.6 Å². The van der Waals surface area contributed by atoms with Gasteiger partial charge in [-0.2, -0.15) is 5.26 Å². The smallest absolute Gasteiger partial charge is 0.270 e. The minimum Gasteiger partial charge on any atom is -0.493 e. The molecule has 36 heavy (non-hydrogen) atoms. The SMILES string of the molecule is COc1cc(C=C2SC(=S)N(c3ccc([N+](=O)[O-])cc3)C2=O)cc(I)c1OCc1ccccc1C#N. The molecular formula is C25H16IN3O5S2. The van der Waals surface area contributed by atoms with E-state index in [0.717, 1.165) is 20.9 Å². The number of thioether (sulfide) groups is 1.